The van der Waals surface area contributed by atoms with Gasteiger partial charge in [0.05, 0.1) is 17.1 Å². The van der Waals surface area contributed by atoms with Crippen LogP contribution in [-0.4, -0.2) is 15.9 Å². The molecule has 0 aliphatic carbocycles. The Balaban J connectivity index is 1.55. The summed E-state index contributed by atoms with van der Waals surface area (Å²) in [7, 11) is 0. The molecule has 0 aliphatic heterocycles. The molecule has 0 saturated heterocycles. The van der Waals surface area contributed by atoms with Crippen molar-refractivity contribution < 1.29 is 4.79 Å². The fourth-order valence-corrected chi connectivity index (χ4v) is 4.12. The van der Waals surface area contributed by atoms with Crippen molar-refractivity contribution in [2.45, 2.75) is 24.1 Å². The third kappa shape index (κ3) is 5.04. The number of nitrogens with one attached hydrogen (secondary N) is 1. The van der Waals surface area contributed by atoms with Crippen LogP contribution in [-0.2, 0) is 17.0 Å². The van der Waals surface area contributed by atoms with Crippen LogP contribution in [0.3, 0.4) is 0 Å². The Kier molecular flexibility index (Phi) is 6.07. The summed E-state index contributed by atoms with van der Waals surface area (Å²) >= 11 is 9.13. The third-order valence-corrected chi connectivity index (χ3v) is 5.77. The zero-order chi connectivity index (χ0) is 17.6. The number of hydrogen-bond donors (Lipinski definition) is 1. The second-order valence-electron chi connectivity index (χ2n) is 5.35. The molecule has 3 rings (SSSR count). The number of nitrogens with zero attached hydrogens (tertiary/aromatic N) is 2. The maximum absolute atomic E-state index is 12.2. The lowest BCUT2D eigenvalue weighted by molar-refractivity contribution is -0.115. The van der Waals surface area contributed by atoms with Crippen molar-refractivity contribution in [2.75, 3.05) is 5.32 Å². The molecule has 128 valence electrons. The number of hydrogen-bond acceptors (Lipinski definition) is 5. The largest absolute Gasteiger partial charge is 0.325 e. The van der Waals surface area contributed by atoms with Crippen LogP contribution in [0.1, 0.15) is 16.3 Å². The number of aromatic nitrogens is 2. The van der Waals surface area contributed by atoms with E-state index >= 15 is 0 Å². The number of thiazole rings is 1. The van der Waals surface area contributed by atoms with Crippen LogP contribution in [0, 0.1) is 6.92 Å². The van der Waals surface area contributed by atoms with Crippen LogP contribution < -0.4 is 5.32 Å². The molecule has 3 aromatic rings. The number of rotatable bonds is 6. The van der Waals surface area contributed by atoms with Gasteiger partial charge in [-0.1, -0.05) is 41.6 Å². The SMILES string of the molecule is Cc1ccccc1NC(=O)Cc1nc(CSc2ncccc2Cl)cs1. The molecule has 0 spiro atoms. The zero-order valence-electron chi connectivity index (χ0n) is 13.5. The number of carbonyl (C=O) groups is 1. The molecule has 4 nitrogen and oxygen atoms in total. The fraction of sp³-hybridized carbons (Fsp3) is 0.167. The van der Waals surface area contributed by atoms with Crippen LogP contribution in [0.25, 0.3) is 0 Å². The Morgan fingerprint density at radius 3 is 2.92 bits per heavy atom. The Morgan fingerprint density at radius 1 is 1.28 bits per heavy atom. The molecule has 0 saturated carbocycles. The zero-order valence-corrected chi connectivity index (χ0v) is 15.9. The molecule has 0 atom stereocenters. The molecule has 7 heteroatoms. The quantitative estimate of drug-likeness (QED) is 0.604. The predicted octanol–water partition coefficient (Wildman–Crippen LogP) is 4.97. The summed E-state index contributed by atoms with van der Waals surface area (Å²) in [5, 5.41) is 7.13. The van der Waals surface area contributed by atoms with Crippen LogP contribution in [0.5, 0.6) is 0 Å². The molecule has 0 bridgehead atoms. The van der Waals surface area contributed by atoms with Crippen molar-refractivity contribution in [3.63, 3.8) is 0 Å². The summed E-state index contributed by atoms with van der Waals surface area (Å²) in [4.78, 5) is 21.0. The first kappa shape index (κ1) is 17.9. The highest BCUT2D eigenvalue weighted by molar-refractivity contribution is 7.98. The van der Waals surface area contributed by atoms with E-state index < -0.39 is 0 Å². The van der Waals surface area contributed by atoms with Gasteiger partial charge in [-0.3, -0.25) is 4.79 Å². The van der Waals surface area contributed by atoms with E-state index in [4.69, 9.17) is 11.6 Å². The Labute approximate surface area is 159 Å². The lowest BCUT2D eigenvalue weighted by Gasteiger charge is -2.06. The summed E-state index contributed by atoms with van der Waals surface area (Å²) in [5.74, 6) is 0.614. The number of thioether (sulfide) groups is 1. The second-order valence-corrected chi connectivity index (χ2v) is 7.67. The van der Waals surface area contributed by atoms with Crippen molar-refractivity contribution in [3.8, 4) is 0 Å². The molecular formula is C18H16ClN3OS2. The van der Waals surface area contributed by atoms with Gasteiger partial charge in [0.25, 0.3) is 0 Å². The number of anilines is 1. The van der Waals surface area contributed by atoms with Crippen molar-refractivity contribution in [1.82, 2.24) is 9.97 Å². The molecule has 1 N–H and O–H groups in total. The minimum Gasteiger partial charge on any atom is -0.325 e. The summed E-state index contributed by atoms with van der Waals surface area (Å²) < 4.78 is 0. The number of benzene rings is 1. The average Bonchev–Trinajstić information content (AvgIpc) is 3.03. The van der Waals surface area contributed by atoms with Gasteiger partial charge in [-0.2, -0.15) is 0 Å². The van der Waals surface area contributed by atoms with E-state index in [1.165, 1.54) is 23.1 Å². The van der Waals surface area contributed by atoms with Gasteiger partial charge >= 0.3 is 0 Å². The summed E-state index contributed by atoms with van der Waals surface area (Å²) in [5.41, 5.74) is 2.80. The van der Waals surface area contributed by atoms with Gasteiger partial charge in [0.1, 0.15) is 10.0 Å². The minimum absolute atomic E-state index is 0.0596. The predicted molar refractivity (Wildman–Crippen MR) is 104 cm³/mol. The van der Waals surface area contributed by atoms with Gasteiger partial charge < -0.3 is 5.32 Å². The number of carbonyl (C=O) groups excluding carboxylic acids is 1. The van der Waals surface area contributed by atoms with Crippen molar-refractivity contribution in [2.24, 2.45) is 0 Å². The van der Waals surface area contributed by atoms with E-state index in [2.05, 4.69) is 15.3 Å². The monoisotopic (exact) mass is 389 g/mol. The highest BCUT2D eigenvalue weighted by Gasteiger charge is 2.10. The molecule has 1 amide bonds. The normalized spacial score (nSPS) is 10.6. The van der Waals surface area contributed by atoms with Gasteiger partial charge in [0.15, 0.2) is 0 Å². The van der Waals surface area contributed by atoms with Crippen LogP contribution in [0.2, 0.25) is 5.02 Å². The minimum atomic E-state index is -0.0596. The maximum Gasteiger partial charge on any atom is 0.231 e. The van der Waals surface area contributed by atoms with Gasteiger partial charge in [-0.25, -0.2) is 9.97 Å². The van der Waals surface area contributed by atoms with E-state index in [1.807, 2.05) is 42.6 Å². The maximum atomic E-state index is 12.2. The summed E-state index contributed by atoms with van der Waals surface area (Å²) in [6.45, 7) is 1.97. The number of halogens is 1. The Hall–Kier alpha value is -1.89. The van der Waals surface area contributed by atoms with Crippen LogP contribution in [0.4, 0.5) is 5.69 Å². The Morgan fingerprint density at radius 2 is 2.12 bits per heavy atom. The molecule has 2 heterocycles. The van der Waals surface area contributed by atoms with Crippen molar-refractivity contribution >= 4 is 46.3 Å². The lowest BCUT2D eigenvalue weighted by Crippen LogP contribution is -2.15. The highest BCUT2D eigenvalue weighted by atomic mass is 35.5. The topological polar surface area (TPSA) is 54.9 Å². The number of pyridine rings is 1. The van der Waals surface area contributed by atoms with Gasteiger partial charge in [0.2, 0.25) is 5.91 Å². The van der Waals surface area contributed by atoms with Crippen LogP contribution in [0.15, 0.2) is 53.0 Å². The second kappa shape index (κ2) is 8.47. The van der Waals surface area contributed by atoms with Gasteiger partial charge in [-0.05, 0) is 30.7 Å². The van der Waals surface area contributed by atoms with Gasteiger partial charge in [0, 0.05) is 23.0 Å². The third-order valence-electron chi connectivity index (χ3n) is 3.41. The lowest BCUT2D eigenvalue weighted by atomic mass is 10.2. The summed E-state index contributed by atoms with van der Waals surface area (Å²) in [6, 6.07) is 11.3. The smallest absolute Gasteiger partial charge is 0.231 e. The molecule has 0 radical (unpaired) electrons. The standard InChI is InChI=1S/C18H16ClN3OS2/c1-12-5-2-3-7-15(12)22-16(23)9-17-21-13(10-24-17)11-25-18-14(19)6-4-8-20-18/h2-8,10H,9,11H2,1H3,(H,22,23). The van der Waals surface area contributed by atoms with E-state index in [0.717, 1.165) is 27.0 Å². The number of para-hydroxylation sites is 1. The fourth-order valence-electron chi connectivity index (χ4n) is 2.16. The first-order valence-electron chi connectivity index (χ1n) is 7.64. The molecular weight excluding hydrogens is 374 g/mol. The number of aryl methyl sites for hydroxylation is 1. The molecule has 25 heavy (non-hydrogen) atoms. The molecule has 0 fully saturated rings. The van der Waals surface area contributed by atoms with Crippen molar-refractivity contribution in [3.05, 3.63) is 69.3 Å². The van der Waals surface area contributed by atoms with Crippen molar-refractivity contribution in [1.29, 1.82) is 0 Å². The average molecular weight is 390 g/mol. The molecule has 0 unspecified atom stereocenters. The van der Waals surface area contributed by atoms with E-state index in [9.17, 15) is 4.79 Å². The molecule has 1 aromatic carbocycles. The first-order chi connectivity index (χ1) is 12.1. The highest BCUT2D eigenvalue weighted by Crippen LogP contribution is 2.27. The van der Waals surface area contributed by atoms with Crippen LogP contribution >= 0.6 is 34.7 Å². The van der Waals surface area contributed by atoms with E-state index in [-0.39, 0.29) is 12.3 Å². The van der Waals surface area contributed by atoms with Gasteiger partial charge in [-0.15, -0.1) is 11.3 Å². The molecule has 0 aliphatic rings. The first-order valence-corrected chi connectivity index (χ1v) is 9.88. The van der Waals surface area contributed by atoms with E-state index in [1.54, 1.807) is 12.3 Å². The summed E-state index contributed by atoms with van der Waals surface area (Å²) in [6.07, 6.45) is 1.99. The Bertz CT molecular complexity index is 882. The molecule has 2 aromatic heterocycles. The number of amides is 1. The van der Waals surface area contributed by atoms with E-state index in [0.29, 0.717) is 10.8 Å².